The lowest BCUT2D eigenvalue weighted by molar-refractivity contribution is -0.384. The van der Waals surface area contributed by atoms with Crippen LogP contribution in [0.25, 0.3) is 5.57 Å². The molecule has 0 aliphatic carbocycles. The van der Waals surface area contributed by atoms with E-state index in [4.69, 9.17) is 9.47 Å². The van der Waals surface area contributed by atoms with Crippen LogP contribution in [-0.4, -0.2) is 57.2 Å². The molecule has 1 saturated heterocycles. The standard InChI is InChI=1S/C27H22N4O6S/c1-36-21-8-4-18(5-9-21)15-37-27(33)24-22(19-10-12-28-13-11-19)16-38-26-23(25(32)30(24)26)29-14-17-2-6-20(7-3-17)31(34)35/h2-14,23,26H,15-16H2,1H3/t23-,26-/m0/s1. The average Bonchev–Trinajstić information content (AvgIpc) is 2.96. The van der Waals surface area contributed by atoms with Gasteiger partial charge in [0.15, 0.2) is 6.04 Å². The molecule has 1 fully saturated rings. The van der Waals surface area contributed by atoms with Gasteiger partial charge in [-0.05, 0) is 53.1 Å². The lowest BCUT2D eigenvalue weighted by Gasteiger charge is -2.48. The van der Waals surface area contributed by atoms with E-state index in [1.54, 1.807) is 55.9 Å². The van der Waals surface area contributed by atoms with Crippen molar-refractivity contribution in [2.75, 3.05) is 12.9 Å². The second-order valence-corrected chi connectivity index (χ2v) is 9.57. The normalized spacial score (nSPS) is 18.7. The number of ether oxygens (including phenoxy) is 2. The Kier molecular flexibility index (Phi) is 7.18. The Labute approximate surface area is 222 Å². The third-order valence-corrected chi connectivity index (χ3v) is 7.44. The number of amides is 1. The molecule has 1 amide bonds. The first-order valence-corrected chi connectivity index (χ1v) is 12.7. The molecular formula is C27H22N4O6S. The molecule has 2 atom stereocenters. The van der Waals surface area contributed by atoms with Crippen molar-refractivity contribution in [3.05, 3.63) is 106 Å². The number of thioether (sulfide) groups is 1. The number of esters is 1. The fourth-order valence-corrected chi connectivity index (χ4v) is 5.52. The topological polar surface area (TPSA) is 124 Å². The summed E-state index contributed by atoms with van der Waals surface area (Å²) in [6.45, 7) is 0.0392. The van der Waals surface area contributed by atoms with Crippen molar-refractivity contribution in [1.29, 1.82) is 0 Å². The summed E-state index contributed by atoms with van der Waals surface area (Å²) >= 11 is 1.51. The Morgan fingerprint density at radius 1 is 1.16 bits per heavy atom. The molecule has 3 heterocycles. The molecule has 5 rings (SSSR count). The van der Waals surface area contributed by atoms with Gasteiger partial charge in [-0.1, -0.05) is 12.1 Å². The van der Waals surface area contributed by atoms with Crippen molar-refractivity contribution >= 4 is 41.1 Å². The number of aliphatic imine (C=N–C) groups is 1. The number of nitro benzene ring substituents is 1. The third-order valence-electron chi connectivity index (χ3n) is 6.18. The van der Waals surface area contributed by atoms with Gasteiger partial charge >= 0.3 is 5.97 Å². The zero-order valence-electron chi connectivity index (χ0n) is 20.2. The van der Waals surface area contributed by atoms with E-state index in [0.29, 0.717) is 22.6 Å². The van der Waals surface area contributed by atoms with E-state index >= 15 is 0 Å². The van der Waals surface area contributed by atoms with Crippen LogP contribution in [0, 0.1) is 10.1 Å². The van der Waals surface area contributed by atoms with Crippen LogP contribution in [0.2, 0.25) is 0 Å². The Morgan fingerprint density at radius 3 is 2.53 bits per heavy atom. The number of aromatic nitrogens is 1. The van der Waals surface area contributed by atoms with Crippen molar-refractivity contribution in [3.63, 3.8) is 0 Å². The number of hydrogen-bond acceptors (Lipinski definition) is 9. The highest BCUT2D eigenvalue weighted by Gasteiger charge is 2.54. The van der Waals surface area contributed by atoms with E-state index in [2.05, 4.69) is 9.98 Å². The number of hydrogen-bond donors (Lipinski definition) is 0. The Morgan fingerprint density at radius 2 is 1.87 bits per heavy atom. The molecule has 0 radical (unpaired) electrons. The Bertz CT molecular complexity index is 1420. The summed E-state index contributed by atoms with van der Waals surface area (Å²) in [4.78, 5) is 46.9. The maximum Gasteiger partial charge on any atom is 0.355 e. The van der Waals surface area contributed by atoms with Crippen LogP contribution >= 0.6 is 11.8 Å². The summed E-state index contributed by atoms with van der Waals surface area (Å²) < 4.78 is 10.8. The number of pyridine rings is 1. The first-order valence-electron chi connectivity index (χ1n) is 11.6. The number of non-ortho nitro benzene ring substituents is 1. The minimum atomic E-state index is -0.682. The van der Waals surface area contributed by atoms with Crippen LogP contribution in [-0.2, 0) is 20.9 Å². The van der Waals surface area contributed by atoms with E-state index in [-0.39, 0.29) is 29.3 Å². The predicted molar refractivity (Wildman–Crippen MR) is 142 cm³/mol. The molecule has 0 unspecified atom stereocenters. The first-order chi connectivity index (χ1) is 18.5. The second-order valence-electron chi connectivity index (χ2n) is 8.47. The maximum absolute atomic E-state index is 13.4. The summed E-state index contributed by atoms with van der Waals surface area (Å²) in [7, 11) is 1.58. The highest BCUT2D eigenvalue weighted by molar-refractivity contribution is 8.00. The number of fused-ring (bicyclic) bond motifs is 1. The van der Waals surface area contributed by atoms with E-state index in [0.717, 1.165) is 11.1 Å². The molecule has 2 aliphatic rings. The second kappa shape index (κ2) is 10.9. The minimum absolute atomic E-state index is 0.0255. The molecule has 3 aromatic rings. The van der Waals surface area contributed by atoms with Gasteiger partial charge < -0.3 is 9.47 Å². The average molecular weight is 531 g/mol. The van der Waals surface area contributed by atoms with E-state index in [1.807, 2.05) is 12.1 Å². The minimum Gasteiger partial charge on any atom is -0.497 e. The summed E-state index contributed by atoms with van der Waals surface area (Å²) in [5, 5.41) is 10.5. The smallest absolute Gasteiger partial charge is 0.355 e. The van der Waals surface area contributed by atoms with Crippen LogP contribution in [0.3, 0.4) is 0 Å². The molecule has 0 bridgehead atoms. The fourth-order valence-electron chi connectivity index (χ4n) is 4.15. The zero-order valence-corrected chi connectivity index (χ0v) is 21.0. The number of benzene rings is 2. The number of β-lactam (4-membered cyclic amide) rings is 1. The monoisotopic (exact) mass is 530 g/mol. The van der Waals surface area contributed by atoms with Gasteiger partial charge in [0.05, 0.1) is 12.0 Å². The summed E-state index contributed by atoms with van der Waals surface area (Å²) in [6.07, 6.45) is 4.79. The number of methoxy groups -OCH3 is 1. The maximum atomic E-state index is 13.4. The largest absolute Gasteiger partial charge is 0.497 e. The van der Waals surface area contributed by atoms with Gasteiger partial charge in [-0.25, -0.2) is 4.79 Å². The van der Waals surface area contributed by atoms with Gasteiger partial charge in [-0.15, -0.1) is 11.8 Å². The van der Waals surface area contributed by atoms with Crippen LogP contribution in [0.4, 0.5) is 5.69 Å². The Hall–Kier alpha value is -4.51. The highest BCUT2D eigenvalue weighted by atomic mass is 32.2. The van der Waals surface area contributed by atoms with Crippen molar-refractivity contribution < 1.29 is 24.0 Å². The first kappa shape index (κ1) is 25.2. The molecule has 0 N–H and O–H groups in total. The van der Waals surface area contributed by atoms with Crippen molar-refractivity contribution in [3.8, 4) is 5.75 Å². The molecule has 0 saturated carbocycles. The highest BCUT2D eigenvalue weighted by Crippen LogP contribution is 2.44. The van der Waals surface area contributed by atoms with E-state index in [9.17, 15) is 19.7 Å². The summed E-state index contributed by atoms with van der Waals surface area (Å²) in [5.41, 5.74) is 3.08. The molecule has 11 heteroatoms. The third kappa shape index (κ3) is 5.00. The molecule has 192 valence electrons. The van der Waals surface area contributed by atoms with Crippen LogP contribution in [0.15, 0.2) is 83.7 Å². The quantitative estimate of drug-likeness (QED) is 0.141. The van der Waals surface area contributed by atoms with Gasteiger partial charge in [0.2, 0.25) is 0 Å². The van der Waals surface area contributed by atoms with Crippen molar-refractivity contribution in [2.24, 2.45) is 4.99 Å². The molecule has 1 aromatic heterocycles. The number of carbonyl (C=O) groups is 2. The van der Waals surface area contributed by atoms with E-state index in [1.165, 1.54) is 35.0 Å². The fraction of sp³-hybridized carbons (Fsp3) is 0.185. The molecule has 2 aromatic carbocycles. The molecular weight excluding hydrogens is 508 g/mol. The van der Waals surface area contributed by atoms with Crippen LogP contribution < -0.4 is 4.74 Å². The predicted octanol–water partition coefficient (Wildman–Crippen LogP) is 3.86. The number of rotatable bonds is 8. The van der Waals surface area contributed by atoms with Gasteiger partial charge in [-0.2, -0.15) is 0 Å². The van der Waals surface area contributed by atoms with Gasteiger partial charge in [0.1, 0.15) is 23.4 Å². The van der Waals surface area contributed by atoms with Gasteiger partial charge in [0.25, 0.3) is 11.6 Å². The SMILES string of the molecule is COc1ccc(COC(=O)C2=C(c3ccncc3)CS[C@H]3[C@@H](N=Cc4ccc([N+](=O)[O-])cc4)C(=O)N23)cc1. The number of carbonyl (C=O) groups excluding carboxylic acids is 2. The van der Waals surface area contributed by atoms with Gasteiger partial charge in [0, 0.05) is 42.1 Å². The molecule has 0 spiro atoms. The molecule has 2 aliphatic heterocycles. The Balaban J connectivity index is 1.37. The van der Waals surface area contributed by atoms with Crippen molar-refractivity contribution in [2.45, 2.75) is 18.0 Å². The summed E-state index contributed by atoms with van der Waals surface area (Å²) in [5.74, 6) is 0.267. The molecule has 10 nitrogen and oxygen atoms in total. The van der Waals surface area contributed by atoms with Gasteiger partial charge in [-0.3, -0.25) is 29.8 Å². The van der Waals surface area contributed by atoms with E-state index < -0.39 is 16.9 Å². The molecule has 38 heavy (non-hydrogen) atoms. The summed E-state index contributed by atoms with van der Waals surface area (Å²) in [6, 6.07) is 16.0. The lowest BCUT2D eigenvalue weighted by atomic mass is 9.99. The number of nitro groups is 1. The number of nitrogens with zero attached hydrogens (tertiary/aromatic N) is 4. The van der Waals surface area contributed by atoms with Crippen LogP contribution in [0.1, 0.15) is 16.7 Å². The zero-order chi connectivity index (χ0) is 26.6. The van der Waals surface area contributed by atoms with Crippen LogP contribution in [0.5, 0.6) is 5.75 Å². The van der Waals surface area contributed by atoms with Crippen molar-refractivity contribution in [1.82, 2.24) is 9.88 Å². The lowest BCUT2D eigenvalue weighted by Crippen LogP contribution is -2.64.